The highest BCUT2D eigenvalue weighted by Gasteiger charge is 2.19. The second kappa shape index (κ2) is 9.96. The molecule has 38 heavy (non-hydrogen) atoms. The Morgan fingerprint density at radius 3 is 2.00 bits per heavy atom. The molecule has 0 aliphatic carbocycles. The third kappa shape index (κ3) is 4.56. The van der Waals surface area contributed by atoms with Gasteiger partial charge in [-0.05, 0) is 51.9 Å². The Bertz CT molecular complexity index is 1850. The molecule has 0 saturated carbocycles. The molecule has 0 unspecified atom stereocenters. The minimum atomic E-state index is -3.86. The highest BCUT2D eigenvalue weighted by Crippen LogP contribution is 2.33. The predicted molar refractivity (Wildman–Crippen MR) is 156 cm³/mol. The van der Waals surface area contributed by atoms with Gasteiger partial charge in [-0.3, -0.25) is 9.71 Å². The summed E-state index contributed by atoms with van der Waals surface area (Å²) in [4.78, 5) is 4.81. The Hall–Kier alpha value is -4.74. The fourth-order valence-corrected chi connectivity index (χ4v) is 6.05. The normalized spacial score (nSPS) is 11.4. The first-order valence-electron chi connectivity index (χ1n) is 12.3. The molecule has 184 valence electrons. The lowest BCUT2D eigenvalue weighted by atomic mass is 9.94. The standard InChI is InChI=1S/C33H24N2O2S/c36-38(37,32-19-9-16-24-15-7-8-17-28(24)32)35-31-21-20-27(29-18-10-22-34-33(29)31)23-30(25-11-3-1-4-12-25)26-13-5-2-6-14-26/h1-23,35H. The number of anilines is 1. The van der Waals surface area contributed by atoms with Crippen molar-refractivity contribution in [3.05, 3.63) is 150 Å². The molecule has 0 saturated heterocycles. The van der Waals surface area contributed by atoms with E-state index in [1.807, 2.05) is 84.9 Å². The van der Waals surface area contributed by atoms with Gasteiger partial charge in [-0.1, -0.05) is 109 Å². The molecular formula is C33H24N2O2S. The van der Waals surface area contributed by atoms with Crippen molar-refractivity contribution in [2.45, 2.75) is 4.90 Å². The third-order valence-electron chi connectivity index (χ3n) is 6.56. The molecule has 1 aromatic heterocycles. The number of aromatic nitrogens is 1. The van der Waals surface area contributed by atoms with Gasteiger partial charge in [0.1, 0.15) is 0 Å². The van der Waals surface area contributed by atoms with Crippen molar-refractivity contribution in [3.8, 4) is 0 Å². The van der Waals surface area contributed by atoms with Crippen molar-refractivity contribution in [1.29, 1.82) is 0 Å². The molecule has 0 aliphatic heterocycles. The Morgan fingerprint density at radius 1 is 0.632 bits per heavy atom. The maximum atomic E-state index is 13.5. The molecular weight excluding hydrogens is 488 g/mol. The second-order valence-corrected chi connectivity index (χ2v) is 10.6. The van der Waals surface area contributed by atoms with Crippen molar-refractivity contribution < 1.29 is 8.42 Å². The first kappa shape index (κ1) is 23.6. The summed E-state index contributed by atoms with van der Waals surface area (Å²) in [5, 5.41) is 2.40. The maximum absolute atomic E-state index is 13.5. The summed E-state index contributed by atoms with van der Waals surface area (Å²) in [6, 6.07) is 40.8. The van der Waals surface area contributed by atoms with Gasteiger partial charge in [0.25, 0.3) is 10.0 Å². The molecule has 0 atom stereocenters. The van der Waals surface area contributed by atoms with Gasteiger partial charge in [0.15, 0.2) is 0 Å². The molecule has 4 nitrogen and oxygen atoms in total. The molecule has 5 heteroatoms. The molecule has 6 rings (SSSR count). The van der Waals surface area contributed by atoms with Crippen LogP contribution in [-0.4, -0.2) is 13.4 Å². The van der Waals surface area contributed by atoms with Gasteiger partial charge in [0.2, 0.25) is 0 Å². The number of hydrogen-bond acceptors (Lipinski definition) is 3. The Kier molecular flexibility index (Phi) is 6.20. The first-order valence-corrected chi connectivity index (χ1v) is 13.8. The molecule has 0 bridgehead atoms. The summed E-state index contributed by atoms with van der Waals surface area (Å²) in [6.07, 6.45) is 3.82. The van der Waals surface area contributed by atoms with Crippen molar-refractivity contribution in [1.82, 2.24) is 4.98 Å². The summed E-state index contributed by atoms with van der Waals surface area (Å²) in [5.41, 5.74) is 5.23. The molecule has 5 aromatic carbocycles. The molecule has 0 spiro atoms. The van der Waals surface area contributed by atoms with Crippen molar-refractivity contribution >= 4 is 49.0 Å². The largest absolute Gasteiger partial charge is 0.277 e. The average molecular weight is 513 g/mol. The van der Waals surface area contributed by atoms with Crippen LogP contribution < -0.4 is 4.72 Å². The number of hydrogen-bond donors (Lipinski definition) is 1. The van der Waals surface area contributed by atoms with E-state index in [9.17, 15) is 8.42 Å². The highest BCUT2D eigenvalue weighted by atomic mass is 32.2. The van der Waals surface area contributed by atoms with E-state index >= 15 is 0 Å². The molecule has 0 radical (unpaired) electrons. The second-order valence-electron chi connectivity index (χ2n) is 8.97. The first-order chi connectivity index (χ1) is 18.6. The van der Waals surface area contributed by atoms with Crippen molar-refractivity contribution in [3.63, 3.8) is 0 Å². The third-order valence-corrected chi connectivity index (χ3v) is 7.98. The van der Waals surface area contributed by atoms with E-state index < -0.39 is 10.0 Å². The van der Waals surface area contributed by atoms with E-state index in [-0.39, 0.29) is 4.90 Å². The molecule has 0 aliphatic rings. The van der Waals surface area contributed by atoms with E-state index in [2.05, 4.69) is 40.0 Å². The fourth-order valence-electron chi connectivity index (χ4n) is 4.76. The highest BCUT2D eigenvalue weighted by molar-refractivity contribution is 7.93. The zero-order valence-corrected chi connectivity index (χ0v) is 21.3. The quantitative estimate of drug-likeness (QED) is 0.232. The van der Waals surface area contributed by atoms with Crippen LogP contribution in [0.3, 0.4) is 0 Å². The van der Waals surface area contributed by atoms with E-state index in [0.29, 0.717) is 16.6 Å². The van der Waals surface area contributed by atoms with Gasteiger partial charge in [0, 0.05) is 17.0 Å². The van der Waals surface area contributed by atoms with Gasteiger partial charge in [-0.2, -0.15) is 0 Å². The molecule has 6 aromatic rings. The number of pyridine rings is 1. The number of nitrogens with zero attached hydrogens (tertiary/aromatic N) is 1. The molecule has 1 heterocycles. The van der Waals surface area contributed by atoms with Crippen LogP contribution in [0.15, 0.2) is 138 Å². The Balaban J connectivity index is 1.47. The topological polar surface area (TPSA) is 59.1 Å². The molecule has 0 amide bonds. The van der Waals surface area contributed by atoms with Gasteiger partial charge in [-0.25, -0.2) is 8.42 Å². The average Bonchev–Trinajstić information content (AvgIpc) is 2.97. The lowest BCUT2D eigenvalue weighted by Gasteiger charge is -2.14. The monoisotopic (exact) mass is 512 g/mol. The van der Waals surface area contributed by atoms with E-state index in [0.717, 1.165) is 33.0 Å². The van der Waals surface area contributed by atoms with Crippen molar-refractivity contribution in [2.24, 2.45) is 0 Å². The fraction of sp³-hybridized carbons (Fsp3) is 0. The number of benzene rings is 5. The predicted octanol–water partition coefficient (Wildman–Crippen LogP) is 7.78. The van der Waals surface area contributed by atoms with Gasteiger partial charge >= 0.3 is 0 Å². The SMILES string of the molecule is O=S(=O)(Nc1ccc(C=C(c2ccccc2)c2ccccc2)c2cccnc12)c1cccc2ccccc12. The van der Waals surface area contributed by atoms with Crippen LogP contribution in [0, 0.1) is 0 Å². The minimum Gasteiger partial charge on any atom is -0.277 e. The van der Waals surface area contributed by atoms with Crippen molar-refractivity contribution in [2.75, 3.05) is 4.72 Å². The Morgan fingerprint density at radius 2 is 1.26 bits per heavy atom. The zero-order valence-electron chi connectivity index (χ0n) is 20.5. The summed E-state index contributed by atoms with van der Waals surface area (Å²) in [5.74, 6) is 0. The van der Waals surface area contributed by atoms with E-state index in [1.54, 1.807) is 24.4 Å². The summed E-state index contributed by atoms with van der Waals surface area (Å²) in [6.45, 7) is 0. The number of nitrogens with one attached hydrogen (secondary N) is 1. The van der Waals surface area contributed by atoms with E-state index in [1.165, 1.54) is 0 Å². The zero-order chi connectivity index (χ0) is 26.0. The number of fused-ring (bicyclic) bond motifs is 2. The van der Waals surface area contributed by atoms with Crippen LogP contribution >= 0.6 is 0 Å². The smallest absolute Gasteiger partial charge is 0.262 e. The summed E-state index contributed by atoms with van der Waals surface area (Å²) >= 11 is 0. The Labute approximate surface area is 222 Å². The van der Waals surface area contributed by atoms with Crippen LogP contribution in [0.25, 0.3) is 33.3 Å². The summed E-state index contributed by atoms with van der Waals surface area (Å²) in [7, 11) is -3.86. The summed E-state index contributed by atoms with van der Waals surface area (Å²) < 4.78 is 29.9. The minimum absolute atomic E-state index is 0.235. The molecule has 1 N–H and O–H groups in total. The number of sulfonamides is 1. The van der Waals surface area contributed by atoms with Crippen LogP contribution in [0.5, 0.6) is 0 Å². The maximum Gasteiger partial charge on any atom is 0.262 e. The van der Waals surface area contributed by atoms with Gasteiger partial charge in [0.05, 0.1) is 16.1 Å². The van der Waals surface area contributed by atoms with Gasteiger partial charge in [-0.15, -0.1) is 0 Å². The molecule has 0 fully saturated rings. The van der Waals surface area contributed by atoms with Gasteiger partial charge < -0.3 is 0 Å². The van der Waals surface area contributed by atoms with Crippen LogP contribution in [0.2, 0.25) is 0 Å². The van der Waals surface area contributed by atoms with Crippen LogP contribution in [-0.2, 0) is 10.0 Å². The van der Waals surface area contributed by atoms with Crippen LogP contribution in [0.1, 0.15) is 16.7 Å². The lowest BCUT2D eigenvalue weighted by molar-refractivity contribution is 0.602. The lowest BCUT2D eigenvalue weighted by Crippen LogP contribution is -2.14. The van der Waals surface area contributed by atoms with Crippen LogP contribution in [0.4, 0.5) is 5.69 Å². The van der Waals surface area contributed by atoms with E-state index in [4.69, 9.17) is 0 Å². The number of rotatable bonds is 6.